The molecule has 0 unspecified atom stereocenters. The molecule has 1 aliphatic heterocycles. The second kappa shape index (κ2) is 15.5. The van der Waals surface area contributed by atoms with Crippen molar-refractivity contribution in [1.82, 2.24) is 15.1 Å². The van der Waals surface area contributed by atoms with E-state index in [1.807, 2.05) is 0 Å². The second-order valence-electron chi connectivity index (χ2n) is 11.6. The minimum atomic E-state index is -5.08. The lowest BCUT2D eigenvalue weighted by Crippen LogP contribution is -2.53. The number of benzene rings is 2. The van der Waals surface area contributed by atoms with Crippen molar-refractivity contribution >= 4 is 62.4 Å². The van der Waals surface area contributed by atoms with E-state index in [0.29, 0.717) is 46.9 Å². The number of carbonyl (C=O) groups excluding carboxylic acids is 2. The molecule has 2 N–H and O–H groups in total. The third-order valence-corrected chi connectivity index (χ3v) is 10.8. The number of halogens is 6. The Morgan fingerprint density at radius 3 is 2.11 bits per heavy atom. The van der Waals surface area contributed by atoms with E-state index in [4.69, 9.17) is 44.7 Å². The van der Waals surface area contributed by atoms with Crippen molar-refractivity contribution in [3.8, 4) is 0 Å². The maximum absolute atomic E-state index is 13.5. The van der Waals surface area contributed by atoms with Gasteiger partial charge in [0, 0.05) is 45.3 Å². The van der Waals surface area contributed by atoms with Gasteiger partial charge < -0.3 is 20.2 Å². The molecule has 2 aromatic rings. The smallest absolute Gasteiger partial charge is 0.475 e. The third kappa shape index (κ3) is 9.96. The van der Waals surface area contributed by atoms with Crippen molar-refractivity contribution in [2.75, 3.05) is 19.3 Å². The van der Waals surface area contributed by atoms with Crippen LogP contribution in [0.2, 0.25) is 15.1 Å². The minimum Gasteiger partial charge on any atom is -0.475 e. The van der Waals surface area contributed by atoms with Gasteiger partial charge in [-0.05, 0) is 95.0 Å². The van der Waals surface area contributed by atoms with Crippen LogP contribution in [0.1, 0.15) is 49.9 Å². The Morgan fingerprint density at radius 1 is 1.02 bits per heavy atom. The molecule has 2 fully saturated rings. The molecule has 16 heteroatoms. The number of rotatable bonds is 8. The van der Waals surface area contributed by atoms with Crippen molar-refractivity contribution in [2.45, 2.75) is 74.8 Å². The molecule has 1 aliphatic carbocycles. The Morgan fingerprint density at radius 2 is 1.59 bits per heavy atom. The van der Waals surface area contributed by atoms with Gasteiger partial charge in [0.25, 0.3) is 5.91 Å². The van der Waals surface area contributed by atoms with E-state index in [0.717, 1.165) is 6.42 Å². The zero-order chi connectivity index (χ0) is 34.6. The predicted octanol–water partition coefficient (Wildman–Crippen LogP) is 5.96. The summed E-state index contributed by atoms with van der Waals surface area (Å²) in [6.45, 7) is 4.69. The summed E-state index contributed by atoms with van der Waals surface area (Å²) in [5.74, 6) is -3.69. The van der Waals surface area contributed by atoms with Crippen LogP contribution in [0.15, 0.2) is 47.4 Å². The highest BCUT2D eigenvalue weighted by Crippen LogP contribution is 2.36. The molecule has 0 aromatic heterocycles. The zero-order valence-corrected chi connectivity index (χ0v) is 28.3. The normalized spacial score (nSPS) is 22.1. The predicted molar refractivity (Wildman–Crippen MR) is 169 cm³/mol. The average molecular weight is 729 g/mol. The lowest BCUT2D eigenvalue weighted by molar-refractivity contribution is -0.192. The summed E-state index contributed by atoms with van der Waals surface area (Å²) in [5.41, 5.74) is 0.280. The Hall–Kier alpha value is -2.58. The Bertz CT molecular complexity index is 1510. The highest BCUT2D eigenvalue weighted by atomic mass is 35.5. The molecule has 0 radical (unpaired) electrons. The lowest BCUT2D eigenvalue weighted by Gasteiger charge is -2.44. The highest BCUT2D eigenvalue weighted by Gasteiger charge is 2.44. The number of amides is 2. The maximum Gasteiger partial charge on any atom is 0.490 e. The van der Waals surface area contributed by atoms with Crippen LogP contribution in [0, 0.1) is 5.92 Å². The summed E-state index contributed by atoms with van der Waals surface area (Å²) < 4.78 is 58.6. The van der Waals surface area contributed by atoms with Crippen LogP contribution in [0.25, 0.3) is 0 Å². The van der Waals surface area contributed by atoms with Gasteiger partial charge in [0.1, 0.15) is 6.04 Å². The van der Waals surface area contributed by atoms with Crippen LogP contribution in [-0.4, -0.2) is 90.8 Å². The van der Waals surface area contributed by atoms with Crippen LogP contribution in [-0.2, 0) is 19.4 Å². The number of hydrogen-bond acceptors (Lipinski definition) is 6. The number of hydrogen-bond donors (Lipinski definition) is 2. The van der Waals surface area contributed by atoms with Gasteiger partial charge in [-0.1, -0.05) is 34.8 Å². The van der Waals surface area contributed by atoms with Gasteiger partial charge in [0.15, 0.2) is 9.84 Å². The number of carbonyl (C=O) groups is 3. The average Bonchev–Trinajstić information content (AvgIpc) is 3.31. The molecule has 1 heterocycles. The quantitative estimate of drug-likeness (QED) is 0.344. The SMILES string of the molecule is CC(C)N(C)[C@@H]1CC[C@H](N2CC[C@H](NC(=O)c3cc(Cl)cc(Cl)c3)C2=O)[C@H](CS(=O)(=O)c2ccc(Cl)cc2)C1.O=C(O)C(F)(F)F. The van der Waals surface area contributed by atoms with E-state index in [-0.39, 0.29) is 40.1 Å². The number of aliphatic carboxylic acids is 1. The summed E-state index contributed by atoms with van der Waals surface area (Å²) >= 11 is 18.1. The molecule has 0 bridgehead atoms. The first-order chi connectivity index (χ1) is 21.3. The molecule has 2 aromatic carbocycles. The Labute approximate surface area is 280 Å². The standard InChI is InChI=1S/C28H34Cl3N3O4S.C2HF3O2/c1-17(2)33(3)23-6-9-26(19(14-23)16-39(37,38)24-7-4-20(29)5-8-24)34-11-10-25(28(34)36)32-27(35)18-12-21(30)15-22(31)13-18;3-2(4,5)1(6)7/h4-5,7-8,12-13,15,17,19,23,25-26H,6,9-11,14,16H2,1-3H3,(H,32,35);(H,6,7)/t19-,23+,25-,26-;/m0./s1. The molecule has 46 heavy (non-hydrogen) atoms. The molecule has 2 aliphatic rings. The largest absolute Gasteiger partial charge is 0.490 e. The fraction of sp³-hybridized carbons (Fsp3) is 0.500. The molecule has 4 atom stereocenters. The van der Waals surface area contributed by atoms with Crippen LogP contribution in [0.4, 0.5) is 13.2 Å². The van der Waals surface area contributed by atoms with Crippen molar-refractivity contribution in [3.05, 3.63) is 63.1 Å². The summed E-state index contributed by atoms with van der Waals surface area (Å²) in [6.07, 6.45) is -2.42. The summed E-state index contributed by atoms with van der Waals surface area (Å²) in [7, 11) is -1.55. The van der Waals surface area contributed by atoms with Gasteiger partial charge in [0.05, 0.1) is 10.6 Å². The molecule has 254 valence electrons. The topological polar surface area (TPSA) is 124 Å². The Kier molecular flexibility index (Phi) is 12.8. The van der Waals surface area contributed by atoms with Crippen LogP contribution >= 0.6 is 34.8 Å². The lowest BCUT2D eigenvalue weighted by atomic mass is 9.81. The molecule has 1 saturated heterocycles. The fourth-order valence-corrected chi connectivity index (χ4v) is 8.03. The number of nitrogens with zero attached hydrogens (tertiary/aromatic N) is 2. The molecule has 9 nitrogen and oxygen atoms in total. The fourth-order valence-electron chi connectivity index (χ4n) is 5.72. The Balaban J connectivity index is 0.000000738. The minimum absolute atomic E-state index is 0.0659. The number of carboxylic acid groups (broad SMARTS) is 1. The number of nitrogens with one attached hydrogen (secondary N) is 1. The number of alkyl halides is 3. The third-order valence-electron chi connectivity index (χ3n) is 8.22. The van der Waals surface area contributed by atoms with E-state index in [9.17, 15) is 31.2 Å². The number of likely N-dealkylation sites (tertiary alicyclic amines) is 1. The monoisotopic (exact) mass is 727 g/mol. The first-order valence-corrected chi connectivity index (χ1v) is 17.2. The molecular formula is C30H35Cl3F3N3O6S. The van der Waals surface area contributed by atoms with E-state index in [2.05, 4.69) is 31.1 Å². The summed E-state index contributed by atoms with van der Waals surface area (Å²) in [6, 6.07) is 10.4. The van der Waals surface area contributed by atoms with Crippen molar-refractivity contribution in [3.63, 3.8) is 0 Å². The van der Waals surface area contributed by atoms with E-state index >= 15 is 0 Å². The maximum atomic E-state index is 13.5. The summed E-state index contributed by atoms with van der Waals surface area (Å²) in [4.78, 5) is 39.6. The van der Waals surface area contributed by atoms with Gasteiger partial charge in [-0.15, -0.1) is 0 Å². The zero-order valence-electron chi connectivity index (χ0n) is 25.2. The first-order valence-electron chi connectivity index (χ1n) is 14.4. The van der Waals surface area contributed by atoms with Gasteiger partial charge >= 0.3 is 12.1 Å². The van der Waals surface area contributed by atoms with E-state index in [1.165, 1.54) is 30.3 Å². The van der Waals surface area contributed by atoms with Gasteiger partial charge in [-0.2, -0.15) is 13.2 Å². The van der Waals surface area contributed by atoms with Gasteiger partial charge in [-0.3, -0.25) is 9.59 Å². The first kappa shape index (κ1) is 37.9. The molecular weight excluding hydrogens is 694 g/mol. The van der Waals surface area contributed by atoms with Gasteiger partial charge in [0.2, 0.25) is 5.91 Å². The van der Waals surface area contributed by atoms with Gasteiger partial charge in [-0.25, -0.2) is 13.2 Å². The molecule has 0 spiro atoms. The van der Waals surface area contributed by atoms with Crippen LogP contribution < -0.4 is 5.32 Å². The second-order valence-corrected chi connectivity index (χ2v) is 14.9. The number of sulfone groups is 1. The molecule has 4 rings (SSSR count). The van der Waals surface area contributed by atoms with Crippen LogP contribution in [0.5, 0.6) is 0 Å². The highest BCUT2D eigenvalue weighted by molar-refractivity contribution is 7.91. The van der Waals surface area contributed by atoms with Crippen molar-refractivity contribution in [1.29, 1.82) is 0 Å². The van der Waals surface area contributed by atoms with E-state index < -0.39 is 33.9 Å². The molecule has 1 saturated carbocycles. The van der Waals surface area contributed by atoms with E-state index in [1.54, 1.807) is 17.0 Å². The molecule has 2 amide bonds. The van der Waals surface area contributed by atoms with Crippen LogP contribution in [0.3, 0.4) is 0 Å². The summed E-state index contributed by atoms with van der Waals surface area (Å²) in [5, 5.41) is 11.1. The van der Waals surface area contributed by atoms with Crippen molar-refractivity contribution < 1.29 is 41.1 Å². The van der Waals surface area contributed by atoms with Crippen molar-refractivity contribution in [2.24, 2.45) is 5.92 Å². The number of carboxylic acids is 1.